The molecule has 0 aliphatic heterocycles. The molecule has 7 nitrogen and oxygen atoms in total. The summed E-state index contributed by atoms with van der Waals surface area (Å²) in [4.78, 5) is 17.0. The lowest BCUT2D eigenvalue weighted by Gasteiger charge is -2.12. The first-order valence-electron chi connectivity index (χ1n) is 9.77. The van der Waals surface area contributed by atoms with Gasteiger partial charge in [0, 0.05) is 23.6 Å². The molecule has 0 saturated heterocycles. The number of hydrogen-bond donors (Lipinski definition) is 3. The van der Waals surface area contributed by atoms with Gasteiger partial charge in [-0.2, -0.15) is 0 Å². The summed E-state index contributed by atoms with van der Waals surface area (Å²) < 4.78 is 37.3. The number of nitrogen functional groups attached to an aromatic ring is 1. The number of sulfonamides is 1. The minimum absolute atomic E-state index is 0.0142. The minimum atomic E-state index is -3.89. The summed E-state index contributed by atoms with van der Waals surface area (Å²) in [6.45, 7) is 0. The van der Waals surface area contributed by atoms with Gasteiger partial charge in [-0.05, 0) is 53.1 Å². The SMILES string of the molecule is Nc1cc(-c2ccncc2C(=O)Nc2ccc(-c3ccccc3S(N)(=O)=O)cc2)ccc1F. The summed E-state index contributed by atoms with van der Waals surface area (Å²) in [5.41, 5.74) is 8.64. The smallest absolute Gasteiger partial charge is 0.257 e. The van der Waals surface area contributed by atoms with Crippen LogP contribution < -0.4 is 16.2 Å². The molecule has 0 spiro atoms. The molecule has 4 aromatic rings. The van der Waals surface area contributed by atoms with Crippen molar-refractivity contribution >= 4 is 27.3 Å². The van der Waals surface area contributed by atoms with Crippen LogP contribution in [0.3, 0.4) is 0 Å². The van der Waals surface area contributed by atoms with Crippen molar-refractivity contribution < 1.29 is 17.6 Å². The lowest BCUT2D eigenvalue weighted by molar-refractivity contribution is 0.102. The second-order valence-corrected chi connectivity index (χ2v) is 8.76. The van der Waals surface area contributed by atoms with Gasteiger partial charge in [-0.1, -0.05) is 36.4 Å². The number of anilines is 2. The number of nitrogens with one attached hydrogen (secondary N) is 1. The van der Waals surface area contributed by atoms with Gasteiger partial charge >= 0.3 is 0 Å². The van der Waals surface area contributed by atoms with Gasteiger partial charge in [0.25, 0.3) is 5.91 Å². The summed E-state index contributed by atoms with van der Waals surface area (Å²) in [6, 6.07) is 19.0. The zero-order valence-corrected chi connectivity index (χ0v) is 18.0. The Labute approximate surface area is 190 Å². The number of aromatic nitrogens is 1. The molecule has 3 aromatic carbocycles. The molecule has 1 amide bonds. The Kier molecular flexibility index (Phi) is 5.91. The van der Waals surface area contributed by atoms with Crippen LogP contribution in [0.4, 0.5) is 15.8 Å². The van der Waals surface area contributed by atoms with E-state index in [1.54, 1.807) is 48.5 Å². The highest BCUT2D eigenvalue weighted by molar-refractivity contribution is 7.89. The van der Waals surface area contributed by atoms with Gasteiger partial charge in [-0.25, -0.2) is 17.9 Å². The average Bonchev–Trinajstić information content (AvgIpc) is 2.81. The molecule has 166 valence electrons. The molecule has 9 heteroatoms. The largest absolute Gasteiger partial charge is 0.396 e. The summed E-state index contributed by atoms with van der Waals surface area (Å²) >= 11 is 0. The Bertz CT molecular complexity index is 1460. The van der Waals surface area contributed by atoms with E-state index in [4.69, 9.17) is 10.9 Å². The maximum absolute atomic E-state index is 13.5. The van der Waals surface area contributed by atoms with Gasteiger partial charge in [0.15, 0.2) is 0 Å². The van der Waals surface area contributed by atoms with Crippen LogP contribution in [0.5, 0.6) is 0 Å². The fourth-order valence-electron chi connectivity index (χ4n) is 3.42. The fourth-order valence-corrected chi connectivity index (χ4v) is 4.18. The molecule has 4 rings (SSSR count). The number of carbonyl (C=O) groups is 1. The molecular weight excluding hydrogens is 443 g/mol. The highest BCUT2D eigenvalue weighted by Crippen LogP contribution is 2.29. The van der Waals surface area contributed by atoms with E-state index in [2.05, 4.69) is 10.3 Å². The summed E-state index contributed by atoms with van der Waals surface area (Å²) in [7, 11) is -3.89. The maximum Gasteiger partial charge on any atom is 0.257 e. The number of nitrogens with zero attached hydrogens (tertiary/aromatic N) is 1. The van der Waals surface area contributed by atoms with Crippen LogP contribution in [0, 0.1) is 5.82 Å². The Hall–Kier alpha value is -4.08. The number of carbonyl (C=O) groups excluding carboxylic acids is 1. The lowest BCUT2D eigenvalue weighted by atomic mass is 10.0. The molecule has 0 atom stereocenters. The van der Waals surface area contributed by atoms with Gasteiger partial charge in [0.2, 0.25) is 10.0 Å². The van der Waals surface area contributed by atoms with Gasteiger partial charge in [-0.15, -0.1) is 0 Å². The average molecular weight is 463 g/mol. The molecule has 0 radical (unpaired) electrons. The molecule has 0 unspecified atom stereocenters. The van der Waals surface area contributed by atoms with E-state index in [9.17, 15) is 17.6 Å². The second-order valence-electron chi connectivity index (χ2n) is 7.23. The molecule has 0 fully saturated rings. The van der Waals surface area contributed by atoms with E-state index in [0.717, 1.165) is 0 Å². The quantitative estimate of drug-likeness (QED) is 0.386. The van der Waals surface area contributed by atoms with Gasteiger partial charge in [0.05, 0.1) is 16.1 Å². The zero-order valence-electron chi connectivity index (χ0n) is 17.2. The number of hydrogen-bond acceptors (Lipinski definition) is 5. The molecular formula is C24H19FN4O3S. The van der Waals surface area contributed by atoms with E-state index in [1.807, 2.05) is 0 Å². The number of rotatable bonds is 5. The predicted molar refractivity (Wildman–Crippen MR) is 125 cm³/mol. The Morgan fingerprint density at radius 2 is 1.61 bits per heavy atom. The van der Waals surface area contributed by atoms with Crippen LogP contribution >= 0.6 is 0 Å². The first-order valence-corrected chi connectivity index (χ1v) is 11.3. The van der Waals surface area contributed by atoms with Crippen LogP contribution in [-0.2, 0) is 10.0 Å². The third-order valence-electron chi connectivity index (χ3n) is 5.02. The molecule has 1 heterocycles. The fraction of sp³-hybridized carbons (Fsp3) is 0. The van der Waals surface area contributed by atoms with Crippen LogP contribution in [0.2, 0.25) is 0 Å². The van der Waals surface area contributed by atoms with Crippen LogP contribution in [-0.4, -0.2) is 19.3 Å². The molecule has 1 aromatic heterocycles. The molecule has 0 bridgehead atoms. The molecule has 0 saturated carbocycles. The van der Waals surface area contributed by atoms with E-state index in [1.165, 1.54) is 36.7 Å². The Morgan fingerprint density at radius 1 is 0.909 bits per heavy atom. The third kappa shape index (κ3) is 4.74. The summed E-state index contributed by atoms with van der Waals surface area (Å²) in [6.07, 6.45) is 2.95. The predicted octanol–water partition coefficient (Wildman–Crippen LogP) is 4.04. The standard InChI is InChI=1S/C24H19FN4O3S/c25-21-10-7-16(13-22(21)26)18-11-12-28-14-20(18)24(30)29-17-8-5-15(6-9-17)19-3-1-2-4-23(19)33(27,31)32/h1-14H,26H2,(H,29,30)(H2,27,31,32). The second kappa shape index (κ2) is 8.81. The van der Waals surface area contributed by atoms with E-state index in [0.29, 0.717) is 27.9 Å². The van der Waals surface area contributed by atoms with E-state index >= 15 is 0 Å². The van der Waals surface area contributed by atoms with Gasteiger partial charge in [0.1, 0.15) is 5.82 Å². The monoisotopic (exact) mass is 462 g/mol. The van der Waals surface area contributed by atoms with Crippen molar-refractivity contribution in [2.75, 3.05) is 11.1 Å². The Morgan fingerprint density at radius 3 is 2.30 bits per heavy atom. The van der Waals surface area contributed by atoms with Crippen molar-refractivity contribution in [3.8, 4) is 22.3 Å². The van der Waals surface area contributed by atoms with Crippen LogP contribution in [0.15, 0.2) is 90.1 Å². The lowest BCUT2D eigenvalue weighted by Crippen LogP contribution is -2.14. The highest BCUT2D eigenvalue weighted by Gasteiger charge is 2.16. The number of benzene rings is 3. The molecule has 0 aliphatic carbocycles. The normalized spacial score (nSPS) is 11.2. The molecule has 0 aliphatic rings. The summed E-state index contributed by atoms with van der Waals surface area (Å²) in [5.74, 6) is -0.957. The van der Waals surface area contributed by atoms with Gasteiger partial charge in [-0.3, -0.25) is 9.78 Å². The number of nitrogens with two attached hydrogens (primary N) is 2. The summed E-state index contributed by atoms with van der Waals surface area (Å²) in [5, 5.41) is 8.11. The topological polar surface area (TPSA) is 128 Å². The number of primary sulfonamides is 1. The van der Waals surface area contributed by atoms with Crippen LogP contribution in [0.1, 0.15) is 10.4 Å². The third-order valence-corrected chi connectivity index (χ3v) is 5.99. The Balaban J connectivity index is 1.61. The molecule has 33 heavy (non-hydrogen) atoms. The van der Waals surface area contributed by atoms with Crippen molar-refractivity contribution in [1.29, 1.82) is 0 Å². The minimum Gasteiger partial charge on any atom is -0.396 e. The van der Waals surface area contributed by atoms with Crippen molar-refractivity contribution in [2.45, 2.75) is 4.90 Å². The number of pyridine rings is 1. The number of halogens is 1. The molecule has 5 N–H and O–H groups in total. The maximum atomic E-state index is 13.5. The van der Waals surface area contributed by atoms with E-state index < -0.39 is 21.7 Å². The van der Waals surface area contributed by atoms with Crippen molar-refractivity contribution in [3.63, 3.8) is 0 Å². The number of amides is 1. The van der Waals surface area contributed by atoms with Crippen molar-refractivity contribution in [1.82, 2.24) is 4.98 Å². The first kappa shape index (κ1) is 22.1. The highest BCUT2D eigenvalue weighted by atomic mass is 32.2. The van der Waals surface area contributed by atoms with E-state index in [-0.39, 0.29) is 16.1 Å². The van der Waals surface area contributed by atoms with Crippen molar-refractivity contribution in [3.05, 3.63) is 96.6 Å². The van der Waals surface area contributed by atoms with Crippen LogP contribution in [0.25, 0.3) is 22.3 Å². The first-order chi connectivity index (χ1) is 15.7. The van der Waals surface area contributed by atoms with Gasteiger partial charge < -0.3 is 11.1 Å². The van der Waals surface area contributed by atoms with Crippen molar-refractivity contribution in [2.24, 2.45) is 5.14 Å². The zero-order chi connectivity index (χ0) is 23.6.